The van der Waals surface area contributed by atoms with Gasteiger partial charge in [-0.15, -0.1) is 0 Å². The molecule has 2 saturated heterocycles. The van der Waals surface area contributed by atoms with Gasteiger partial charge in [-0.05, 0) is 19.1 Å². The molecule has 0 aliphatic carbocycles. The summed E-state index contributed by atoms with van der Waals surface area (Å²) < 4.78 is 5.46. The number of primary amides is 1. The van der Waals surface area contributed by atoms with E-state index < -0.39 is 0 Å². The fourth-order valence-electron chi connectivity index (χ4n) is 3.72. The molecule has 0 saturated carbocycles. The van der Waals surface area contributed by atoms with Gasteiger partial charge in [-0.2, -0.15) is 0 Å². The molecule has 2 heterocycles. The largest absolute Gasteiger partial charge is 0.494 e. The summed E-state index contributed by atoms with van der Waals surface area (Å²) in [6.07, 6.45) is 1.54. The van der Waals surface area contributed by atoms with E-state index in [2.05, 4.69) is 0 Å². The summed E-state index contributed by atoms with van der Waals surface area (Å²) in [4.78, 5) is 38.9. The lowest BCUT2D eigenvalue weighted by Gasteiger charge is -2.30. The summed E-state index contributed by atoms with van der Waals surface area (Å²) in [5.74, 6) is -0.116. The Morgan fingerprint density at radius 3 is 2.68 bits per heavy atom. The third-order valence-electron chi connectivity index (χ3n) is 5.06. The number of ether oxygens (including phenoxy) is 1. The first-order valence-corrected chi connectivity index (χ1v) is 8.74. The molecule has 7 nitrogen and oxygen atoms in total. The molecule has 0 aromatic heterocycles. The maximum absolute atomic E-state index is 12.9. The van der Waals surface area contributed by atoms with Gasteiger partial charge in [0.25, 0.3) is 5.91 Å². The molecule has 1 aromatic rings. The summed E-state index contributed by atoms with van der Waals surface area (Å²) in [5.41, 5.74) is 5.91. The van der Waals surface area contributed by atoms with E-state index in [1.165, 1.54) is 4.90 Å². The van der Waals surface area contributed by atoms with Crippen LogP contribution in [0.25, 0.3) is 0 Å². The monoisotopic (exact) mass is 346 g/mol. The van der Waals surface area contributed by atoms with Gasteiger partial charge in [0.1, 0.15) is 5.75 Å². The van der Waals surface area contributed by atoms with Crippen LogP contribution in [0.1, 0.15) is 26.2 Å². The van der Waals surface area contributed by atoms with Crippen LogP contribution in [0, 0.1) is 5.92 Å². The number of benzene rings is 1. The van der Waals surface area contributed by atoms with Crippen molar-refractivity contribution in [2.45, 2.75) is 32.2 Å². The number of likely N-dealkylation sites (tertiary alicyclic amines) is 1. The van der Waals surface area contributed by atoms with E-state index >= 15 is 0 Å². The Bertz CT molecular complexity index is 683. The molecule has 3 N–H and O–H groups in total. The Hall–Kier alpha value is -2.41. The first kappa shape index (κ1) is 17.4. The van der Waals surface area contributed by atoms with Gasteiger partial charge in [0, 0.05) is 24.8 Å². The summed E-state index contributed by atoms with van der Waals surface area (Å²) in [6, 6.07) is 6.66. The maximum Gasteiger partial charge on any atom is 0.292 e. The molecule has 0 spiro atoms. The van der Waals surface area contributed by atoms with Gasteiger partial charge in [0.2, 0.25) is 11.8 Å². The molecule has 3 rings (SSSR count). The van der Waals surface area contributed by atoms with Crippen LogP contribution in [0.5, 0.6) is 5.75 Å². The van der Waals surface area contributed by atoms with Gasteiger partial charge in [0.05, 0.1) is 31.8 Å². The van der Waals surface area contributed by atoms with Crippen molar-refractivity contribution < 1.29 is 24.0 Å². The Kier molecular flexibility index (Phi) is 5.03. The first-order valence-electron chi connectivity index (χ1n) is 8.74. The summed E-state index contributed by atoms with van der Waals surface area (Å²) >= 11 is 0. The average Bonchev–Trinajstić information content (AvgIpc) is 2.90. The number of nitrogens with two attached hydrogens (primary N) is 1. The Morgan fingerprint density at radius 1 is 1.32 bits per heavy atom. The molecule has 1 aromatic carbocycles. The smallest absolute Gasteiger partial charge is 0.292 e. The third-order valence-corrected chi connectivity index (χ3v) is 5.06. The normalized spacial score (nSPS) is 26.8. The summed E-state index contributed by atoms with van der Waals surface area (Å²) in [6.45, 7) is 3.77. The number of quaternary nitrogens is 1. The minimum atomic E-state index is -0.378. The van der Waals surface area contributed by atoms with Crippen molar-refractivity contribution in [1.82, 2.24) is 0 Å². The number of rotatable bonds is 5. The van der Waals surface area contributed by atoms with Gasteiger partial charge in [-0.1, -0.05) is 6.07 Å². The van der Waals surface area contributed by atoms with E-state index in [-0.39, 0.29) is 36.1 Å². The standard InChI is InChI=1S/C18H23N3O4/c1-2-25-14-5-3-4-13(10-14)21-16(22)11-15(18(21)24)20-8-6-12(7-9-20)17(19)23/h3-5,10,12,15H,2,6-9,11H2,1H3,(H2,19,23)/p+1/t15-/m1/s1. The Labute approximate surface area is 146 Å². The van der Waals surface area contributed by atoms with Crippen molar-refractivity contribution >= 4 is 23.4 Å². The highest BCUT2D eigenvalue weighted by molar-refractivity contribution is 6.21. The number of nitrogens with one attached hydrogen (secondary N) is 1. The van der Waals surface area contributed by atoms with Crippen LogP contribution >= 0.6 is 0 Å². The van der Waals surface area contributed by atoms with Crippen molar-refractivity contribution in [2.75, 3.05) is 24.6 Å². The molecular weight excluding hydrogens is 322 g/mol. The molecule has 0 radical (unpaired) electrons. The van der Waals surface area contributed by atoms with Gasteiger partial charge < -0.3 is 15.4 Å². The van der Waals surface area contributed by atoms with E-state index in [4.69, 9.17) is 10.5 Å². The molecule has 1 atom stereocenters. The zero-order chi connectivity index (χ0) is 18.0. The predicted octanol–water partition coefficient (Wildman–Crippen LogP) is -0.503. The van der Waals surface area contributed by atoms with Crippen LogP contribution in [0.4, 0.5) is 5.69 Å². The molecule has 134 valence electrons. The van der Waals surface area contributed by atoms with E-state index in [0.29, 0.717) is 44.0 Å². The van der Waals surface area contributed by atoms with Crippen LogP contribution in [0.2, 0.25) is 0 Å². The van der Waals surface area contributed by atoms with Gasteiger partial charge in [-0.25, -0.2) is 4.90 Å². The molecule has 3 amide bonds. The van der Waals surface area contributed by atoms with Gasteiger partial charge in [-0.3, -0.25) is 14.4 Å². The van der Waals surface area contributed by atoms with Crippen LogP contribution < -0.4 is 20.3 Å². The number of amides is 3. The highest BCUT2D eigenvalue weighted by Crippen LogP contribution is 2.26. The van der Waals surface area contributed by atoms with Crippen molar-refractivity contribution in [3.05, 3.63) is 24.3 Å². The van der Waals surface area contributed by atoms with E-state index in [9.17, 15) is 14.4 Å². The zero-order valence-electron chi connectivity index (χ0n) is 14.4. The molecule has 2 fully saturated rings. The van der Waals surface area contributed by atoms with Crippen LogP contribution in [-0.4, -0.2) is 43.5 Å². The fraction of sp³-hybridized carbons (Fsp3) is 0.500. The van der Waals surface area contributed by atoms with Crippen molar-refractivity contribution in [3.63, 3.8) is 0 Å². The van der Waals surface area contributed by atoms with Crippen molar-refractivity contribution in [1.29, 1.82) is 0 Å². The van der Waals surface area contributed by atoms with E-state index in [1.54, 1.807) is 24.3 Å². The minimum absolute atomic E-state index is 0.116. The SMILES string of the molecule is CCOc1cccc(N2C(=O)C[C@@H]([NH+]3CCC(C(N)=O)CC3)C2=O)c1. The second kappa shape index (κ2) is 7.23. The number of anilines is 1. The van der Waals surface area contributed by atoms with Crippen molar-refractivity contribution in [3.8, 4) is 5.75 Å². The Morgan fingerprint density at radius 2 is 2.04 bits per heavy atom. The minimum Gasteiger partial charge on any atom is -0.494 e. The number of carbonyl (C=O) groups is 3. The Balaban J connectivity index is 1.72. The number of piperidine rings is 1. The van der Waals surface area contributed by atoms with Crippen molar-refractivity contribution in [2.24, 2.45) is 11.7 Å². The van der Waals surface area contributed by atoms with E-state index in [1.807, 2.05) is 6.92 Å². The lowest BCUT2D eigenvalue weighted by atomic mass is 9.95. The first-order chi connectivity index (χ1) is 12.0. The molecule has 0 bridgehead atoms. The number of carbonyl (C=O) groups excluding carboxylic acids is 3. The van der Waals surface area contributed by atoms with Gasteiger partial charge >= 0.3 is 0 Å². The molecule has 2 aliphatic heterocycles. The highest BCUT2D eigenvalue weighted by atomic mass is 16.5. The quantitative estimate of drug-likeness (QED) is 0.703. The molecule has 7 heteroatoms. The van der Waals surface area contributed by atoms with E-state index in [0.717, 1.165) is 4.90 Å². The van der Waals surface area contributed by atoms with Gasteiger partial charge in [0.15, 0.2) is 6.04 Å². The number of hydrogen-bond donors (Lipinski definition) is 2. The third kappa shape index (κ3) is 3.51. The lowest BCUT2D eigenvalue weighted by molar-refractivity contribution is -0.920. The molecular formula is C18H24N3O4+. The number of nitrogens with zero attached hydrogens (tertiary/aromatic N) is 1. The average molecular weight is 346 g/mol. The number of hydrogen-bond acceptors (Lipinski definition) is 4. The molecule has 2 aliphatic rings. The predicted molar refractivity (Wildman–Crippen MR) is 91.1 cm³/mol. The second-order valence-electron chi connectivity index (χ2n) is 6.59. The highest BCUT2D eigenvalue weighted by Gasteiger charge is 2.46. The fourth-order valence-corrected chi connectivity index (χ4v) is 3.72. The number of imide groups is 1. The maximum atomic E-state index is 12.9. The summed E-state index contributed by atoms with van der Waals surface area (Å²) in [7, 11) is 0. The topological polar surface area (TPSA) is 94.1 Å². The summed E-state index contributed by atoms with van der Waals surface area (Å²) in [5, 5.41) is 0. The lowest BCUT2D eigenvalue weighted by Crippen LogP contribution is -3.17. The zero-order valence-corrected chi connectivity index (χ0v) is 14.4. The van der Waals surface area contributed by atoms with Crippen LogP contribution in [0.15, 0.2) is 24.3 Å². The molecule has 0 unspecified atom stereocenters. The van der Waals surface area contributed by atoms with Crippen LogP contribution in [-0.2, 0) is 14.4 Å². The van der Waals surface area contributed by atoms with Crippen LogP contribution in [0.3, 0.4) is 0 Å². The second-order valence-corrected chi connectivity index (χ2v) is 6.59. The molecule has 25 heavy (non-hydrogen) atoms.